The van der Waals surface area contributed by atoms with Crippen molar-refractivity contribution in [1.29, 1.82) is 0 Å². The predicted octanol–water partition coefficient (Wildman–Crippen LogP) is 1.91. The summed E-state index contributed by atoms with van der Waals surface area (Å²) in [5.41, 5.74) is 0.724. The zero-order valence-corrected chi connectivity index (χ0v) is 17.2. The molecule has 1 saturated heterocycles. The summed E-state index contributed by atoms with van der Waals surface area (Å²) in [5, 5.41) is 2.78. The molecule has 11 nitrogen and oxygen atoms in total. The third-order valence-corrected chi connectivity index (χ3v) is 5.65. The molecule has 0 saturated carbocycles. The summed E-state index contributed by atoms with van der Waals surface area (Å²) in [6, 6.07) is 0. The van der Waals surface area contributed by atoms with Gasteiger partial charge < -0.3 is 29.3 Å². The van der Waals surface area contributed by atoms with Crippen LogP contribution in [0, 0.1) is 0 Å². The molecule has 2 aromatic heterocycles. The molecule has 0 aliphatic carbocycles. The van der Waals surface area contributed by atoms with Crippen LogP contribution in [0.3, 0.4) is 0 Å². The molecule has 16 heteroatoms. The quantitative estimate of drug-likeness (QED) is 0.401. The summed E-state index contributed by atoms with van der Waals surface area (Å²) in [7, 11) is -2.64. The van der Waals surface area contributed by atoms with Crippen LogP contribution in [0.1, 0.15) is 12.6 Å². The van der Waals surface area contributed by atoms with Crippen LogP contribution in [0.15, 0.2) is 6.33 Å². The van der Waals surface area contributed by atoms with E-state index in [1.165, 1.54) is 18.0 Å². The number of ether oxygens (including phenoxy) is 3. The summed E-state index contributed by atoms with van der Waals surface area (Å²) in [6.07, 6.45) is -6.14. The minimum Gasteiger partial charge on any atom is -0.378 e. The highest BCUT2D eigenvalue weighted by molar-refractivity contribution is 7.52. The Labute approximate surface area is 172 Å². The lowest BCUT2D eigenvalue weighted by atomic mass is 10.2. The average molecular weight is 476 g/mol. The maximum absolute atomic E-state index is 12.9. The van der Waals surface area contributed by atoms with Gasteiger partial charge in [-0.1, -0.05) is 0 Å². The molecule has 30 heavy (non-hydrogen) atoms. The monoisotopic (exact) mass is 475 g/mol. The second-order valence-electron chi connectivity index (χ2n) is 6.37. The second-order valence-corrected chi connectivity index (χ2v) is 8.36. The van der Waals surface area contributed by atoms with Crippen LogP contribution >= 0.6 is 19.2 Å². The molecule has 1 aliphatic rings. The smallest absolute Gasteiger partial charge is 0.378 e. The van der Waals surface area contributed by atoms with Gasteiger partial charge in [0.1, 0.15) is 12.3 Å². The molecule has 3 rings (SSSR count). The second kappa shape index (κ2) is 8.54. The molecule has 1 aliphatic heterocycles. The zero-order chi connectivity index (χ0) is 22.3. The topological polar surface area (TPSA) is 141 Å². The van der Waals surface area contributed by atoms with Crippen molar-refractivity contribution in [1.82, 2.24) is 19.5 Å². The van der Waals surface area contributed by atoms with Crippen LogP contribution in [0.4, 0.5) is 19.0 Å². The van der Waals surface area contributed by atoms with Gasteiger partial charge in [-0.15, -0.1) is 0 Å². The highest BCUT2D eigenvalue weighted by Gasteiger charge is 2.53. The Morgan fingerprint density at radius 1 is 1.47 bits per heavy atom. The minimum atomic E-state index is -5.59. The number of rotatable bonds is 7. The van der Waals surface area contributed by atoms with E-state index in [9.17, 15) is 17.7 Å². The van der Waals surface area contributed by atoms with Gasteiger partial charge in [-0.25, -0.2) is 4.98 Å². The van der Waals surface area contributed by atoms with Crippen molar-refractivity contribution in [2.24, 2.45) is 0 Å². The fourth-order valence-electron chi connectivity index (χ4n) is 3.11. The largest absolute Gasteiger partial charge is 0.426 e. The summed E-state index contributed by atoms with van der Waals surface area (Å²) in [5.74, 6) is -2.89. The van der Waals surface area contributed by atoms with Gasteiger partial charge in [-0.2, -0.15) is 23.1 Å². The molecular formula is C14H18ClF3N5O6P. The standard InChI is InChI=1S/C14H18ClF3N5O6P/c1-19-10-9-11(22-13(15)21-10)23(5-20-9)8-3-6(27-2)7(29-8)4-28-12(14(16,17)18)30(24,25)26/h5-8,12H,3-4H2,1-2H3,(H,19,21,22)(H2,24,25,26)/t6-,7+,8+,12?/m0/s1. The van der Waals surface area contributed by atoms with E-state index in [2.05, 4.69) is 25.0 Å². The molecular weight excluding hydrogens is 458 g/mol. The van der Waals surface area contributed by atoms with Crippen molar-refractivity contribution in [3.63, 3.8) is 0 Å². The van der Waals surface area contributed by atoms with E-state index in [1.54, 1.807) is 7.05 Å². The number of methoxy groups -OCH3 is 1. The number of halogens is 4. The predicted molar refractivity (Wildman–Crippen MR) is 97.0 cm³/mol. The van der Waals surface area contributed by atoms with E-state index < -0.39 is 44.7 Å². The third-order valence-electron chi connectivity index (χ3n) is 4.43. The Kier molecular flexibility index (Phi) is 6.58. The van der Waals surface area contributed by atoms with Crippen LogP contribution in [0.25, 0.3) is 11.2 Å². The van der Waals surface area contributed by atoms with Gasteiger partial charge in [0.25, 0.3) is 5.85 Å². The number of anilines is 1. The maximum Gasteiger partial charge on any atom is 0.426 e. The van der Waals surface area contributed by atoms with Crippen molar-refractivity contribution < 1.29 is 41.7 Å². The molecule has 168 valence electrons. The molecule has 1 fully saturated rings. The van der Waals surface area contributed by atoms with Crippen molar-refractivity contribution >= 4 is 36.2 Å². The van der Waals surface area contributed by atoms with E-state index in [0.29, 0.717) is 17.0 Å². The number of alkyl halides is 3. The van der Waals surface area contributed by atoms with Gasteiger partial charge in [0.15, 0.2) is 17.0 Å². The zero-order valence-electron chi connectivity index (χ0n) is 15.6. The highest BCUT2D eigenvalue weighted by Crippen LogP contribution is 2.50. The molecule has 4 atom stereocenters. The number of nitrogens with one attached hydrogen (secondary N) is 1. The Bertz CT molecular complexity index is 956. The Morgan fingerprint density at radius 3 is 2.73 bits per heavy atom. The van der Waals surface area contributed by atoms with Crippen molar-refractivity contribution in [3.05, 3.63) is 11.6 Å². The Balaban J connectivity index is 1.81. The molecule has 0 aromatic carbocycles. The molecule has 1 unspecified atom stereocenters. The van der Waals surface area contributed by atoms with Crippen molar-refractivity contribution in [3.8, 4) is 0 Å². The summed E-state index contributed by atoms with van der Waals surface area (Å²) in [6.45, 7) is -0.756. The number of aromatic nitrogens is 4. The Hall–Kier alpha value is -1.54. The summed E-state index contributed by atoms with van der Waals surface area (Å²) < 4.78 is 66.9. The minimum absolute atomic E-state index is 0.0514. The van der Waals surface area contributed by atoms with E-state index in [1.807, 2.05) is 0 Å². The SMILES string of the molecule is CNc1nc(Cl)nc2c1ncn2[C@H]1C[C@H](OC)[C@@H](COC(C(F)(F)F)P(=O)(O)O)O1. The number of imidazole rings is 1. The van der Waals surface area contributed by atoms with Crippen molar-refractivity contribution in [2.75, 3.05) is 26.1 Å². The lowest BCUT2D eigenvalue weighted by molar-refractivity contribution is -0.206. The first-order valence-electron chi connectivity index (χ1n) is 8.45. The molecule has 0 radical (unpaired) electrons. The Morgan fingerprint density at radius 2 is 2.17 bits per heavy atom. The van der Waals surface area contributed by atoms with E-state index in [4.69, 9.17) is 30.9 Å². The summed E-state index contributed by atoms with van der Waals surface area (Å²) in [4.78, 5) is 30.2. The lowest BCUT2D eigenvalue weighted by Crippen LogP contribution is -2.36. The maximum atomic E-state index is 12.9. The molecule has 2 aromatic rings. The van der Waals surface area contributed by atoms with Gasteiger partial charge >= 0.3 is 13.8 Å². The first-order valence-corrected chi connectivity index (χ1v) is 10.5. The van der Waals surface area contributed by atoms with Crippen LogP contribution in [0.5, 0.6) is 0 Å². The van der Waals surface area contributed by atoms with E-state index in [0.717, 1.165) is 0 Å². The first kappa shape index (κ1) is 23.1. The highest BCUT2D eigenvalue weighted by atomic mass is 35.5. The van der Waals surface area contributed by atoms with Crippen LogP contribution in [-0.4, -0.2) is 74.3 Å². The molecule has 0 bridgehead atoms. The van der Waals surface area contributed by atoms with Gasteiger partial charge in [0.2, 0.25) is 5.28 Å². The molecule has 3 N–H and O–H groups in total. The van der Waals surface area contributed by atoms with Gasteiger partial charge in [-0.05, 0) is 11.6 Å². The number of hydrogen-bond acceptors (Lipinski definition) is 8. The molecule has 0 amide bonds. The van der Waals surface area contributed by atoms with Gasteiger partial charge in [0, 0.05) is 20.6 Å². The fourth-order valence-corrected chi connectivity index (χ4v) is 3.94. The number of nitrogens with zero attached hydrogens (tertiary/aromatic N) is 4. The lowest BCUT2D eigenvalue weighted by Gasteiger charge is -2.24. The summed E-state index contributed by atoms with van der Waals surface area (Å²) >= 11 is 5.92. The van der Waals surface area contributed by atoms with Crippen molar-refractivity contribution in [2.45, 2.75) is 36.9 Å². The van der Waals surface area contributed by atoms with E-state index >= 15 is 0 Å². The van der Waals surface area contributed by atoms with Crippen LogP contribution < -0.4 is 5.32 Å². The fraction of sp³-hybridized carbons (Fsp3) is 0.643. The van der Waals surface area contributed by atoms with Gasteiger partial charge in [-0.3, -0.25) is 9.13 Å². The normalized spacial score (nSPS) is 23.8. The van der Waals surface area contributed by atoms with Crippen LogP contribution in [-0.2, 0) is 18.8 Å². The van der Waals surface area contributed by atoms with Crippen LogP contribution in [0.2, 0.25) is 5.28 Å². The van der Waals surface area contributed by atoms with Gasteiger partial charge in [0.05, 0.1) is 19.0 Å². The number of fused-ring (bicyclic) bond motifs is 1. The van der Waals surface area contributed by atoms with E-state index in [-0.39, 0.29) is 11.7 Å². The average Bonchev–Trinajstić information content (AvgIpc) is 3.22. The molecule has 0 spiro atoms. The first-order chi connectivity index (χ1) is 14.0. The third kappa shape index (κ3) is 4.69. The molecule has 3 heterocycles. The number of hydrogen-bond donors (Lipinski definition) is 3.